The number of rotatable bonds is 18. The van der Waals surface area contributed by atoms with E-state index >= 15 is 0 Å². The lowest BCUT2D eigenvalue weighted by atomic mass is 9.94. The molecule has 0 heterocycles. The van der Waals surface area contributed by atoms with Gasteiger partial charge in [-0.15, -0.1) is 0 Å². The van der Waals surface area contributed by atoms with E-state index in [0.29, 0.717) is 5.92 Å². The maximum Gasteiger partial charge on any atom is 0.0433 e. The number of aliphatic hydroxyl groups excluding tert-OH is 1. The highest BCUT2D eigenvalue weighted by atomic mass is 16.3. The summed E-state index contributed by atoms with van der Waals surface area (Å²) in [6.45, 7) is 18.0. The molecule has 0 aliphatic carbocycles. The summed E-state index contributed by atoms with van der Waals surface area (Å²) in [5.41, 5.74) is 8.78. The maximum atomic E-state index is 9.52. The van der Waals surface area contributed by atoms with Gasteiger partial charge in [0.2, 0.25) is 0 Å². The normalized spacial score (nSPS) is 14.3. The van der Waals surface area contributed by atoms with Crippen molar-refractivity contribution in [2.24, 2.45) is 5.92 Å². The fourth-order valence-corrected chi connectivity index (χ4v) is 3.93. The molecule has 1 heteroatoms. The third-order valence-electron chi connectivity index (χ3n) is 6.38. The average Bonchev–Trinajstić information content (AvgIpc) is 2.75. The summed E-state index contributed by atoms with van der Waals surface area (Å²) >= 11 is 0. The third-order valence-corrected chi connectivity index (χ3v) is 6.38. The smallest absolute Gasteiger partial charge is 0.0433 e. The number of hydrogen-bond acceptors (Lipinski definition) is 1. The van der Waals surface area contributed by atoms with E-state index in [4.69, 9.17) is 0 Å². The Morgan fingerprint density at radius 3 is 1.15 bits per heavy atom. The van der Waals surface area contributed by atoms with Gasteiger partial charge in [-0.2, -0.15) is 0 Å². The van der Waals surface area contributed by atoms with Gasteiger partial charge in [0, 0.05) is 6.61 Å². The van der Waals surface area contributed by atoms with Gasteiger partial charge >= 0.3 is 0 Å². The first-order chi connectivity index (χ1) is 16.1. The van der Waals surface area contributed by atoms with E-state index in [2.05, 4.69) is 91.8 Å². The quantitative estimate of drug-likeness (QED) is 0.198. The monoisotopic (exact) mass is 468 g/mol. The first-order valence-corrected chi connectivity index (χ1v) is 13.6. The van der Waals surface area contributed by atoms with E-state index < -0.39 is 0 Å². The lowest BCUT2D eigenvalue weighted by Crippen LogP contribution is -2.01. The van der Waals surface area contributed by atoms with Crippen LogP contribution in [0.15, 0.2) is 69.9 Å². The summed E-state index contributed by atoms with van der Waals surface area (Å²) in [6.07, 6.45) is 26.5. The Hall–Kier alpha value is -1.60. The van der Waals surface area contributed by atoms with E-state index in [0.717, 1.165) is 57.8 Å². The second-order valence-electron chi connectivity index (χ2n) is 10.8. The Morgan fingerprint density at radius 2 is 0.824 bits per heavy atom. The van der Waals surface area contributed by atoms with Gasteiger partial charge in [-0.25, -0.2) is 0 Å². The highest BCUT2D eigenvalue weighted by Crippen LogP contribution is 2.20. The van der Waals surface area contributed by atoms with Crippen molar-refractivity contribution in [3.05, 3.63) is 69.9 Å². The van der Waals surface area contributed by atoms with Crippen molar-refractivity contribution in [2.45, 2.75) is 126 Å². The Labute approximate surface area is 213 Å². The minimum absolute atomic E-state index is 0.283. The van der Waals surface area contributed by atoms with Crippen LogP contribution in [-0.2, 0) is 0 Å². The minimum Gasteiger partial charge on any atom is -0.396 e. The maximum absolute atomic E-state index is 9.52. The molecule has 0 aromatic carbocycles. The Morgan fingerprint density at radius 1 is 0.500 bits per heavy atom. The molecule has 0 saturated carbocycles. The zero-order valence-electron chi connectivity index (χ0n) is 24.0. The molecule has 0 spiro atoms. The number of hydrogen-bond donors (Lipinski definition) is 1. The van der Waals surface area contributed by atoms with E-state index in [1.165, 1.54) is 46.3 Å². The van der Waals surface area contributed by atoms with Crippen LogP contribution >= 0.6 is 0 Å². The molecule has 34 heavy (non-hydrogen) atoms. The van der Waals surface area contributed by atoms with Crippen molar-refractivity contribution in [3.63, 3.8) is 0 Å². The molecule has 194 valence electrons. The highest BCUT2D eigenvalue weighted by Gasteiger charge is 2.06. The lowest BCUT2D eigenvalue weighted by molar-refractivity contribution is 0.257. The van der Waals surface area contributed by atoms with E-state index in [9.17, 15) is 5.11 Å². The molecule has 0 radical (unpaired) electrons. The molecule has 0 aliphatic heterocycles. The molecule has 0 fully saturated rings. The van der Waals surface area contributed by atoms with Crippen LogP contribution in [0.3, 0.4) is 0 Å². The van der Waals surface area contributed by atoms with E-state index in [1.54, 1.807) is 0 Å². The van der Waals surface area contributed by atoms with Gasteiger partial charge in [-0.05, 0) is 132 Å². The largest absolute Gasteiger partial charge is 0.396 e. The Kier molecular flexibility index (Phi) is 19.8. The van der Waals surface area contributed by atoms with Crippen molar-refractivity contribution in [1.82, 2.24) is 0 Å². The molecule has 0 aromatic heterocycles. The molecule has 0 rings (SSSR count). The standard InChI is InChI=1S/C33H56O/c1-27(2)13-9-15-29(5)17-11-19-31(7)21-23-33(25-26-34)24-22-32(8)20-12-18-30(6)16-10-14-28(3)4/h13-14,17-18,21-22,33-34H,9-12,15-16,19-20,23-26H2,1-8H3. The molecule has 0 amide bonds. The highest BCUT2D eigenvalue weighted by molar-refractivity contribution is 5.07. The number of allylic oxidation sites excluding steroid dienone is 12. The summed E-state index contributed by atoms with van der Waals surface area (Å²) in [6, 6.07) is 0. The molecule has 0 bridgehead atoms. The first kappa shape index (κ1) is 32.4. The molecule has 0 aliphatic rings. The summed E-state index contributed by atoms with van der Waals surface area (Å²) in [7, 11) is 0. The molecule has 0 saturated heterocycles. The minimum atomic E-state index is 0.283. The van der Waals surface area contributed by atoms with Crippen LogP contribution in [0.25, 0.3) is 0 Å². The van der Waals surface area contributed by atoms with Crippen LogP contribution in [0.4, 0.5) is 0 Å². The van der Waals surface area contributed by atoms with E-state index in [1.807, 2.05) is 0 Å². The van der Waals surface area contributed by atoms with Crippen LogP contribution < -0.4 is 0 Å². The van der Waals surface area contributed by atoms with Crippen LogP contribution in [0.2, 0.25) is 0 Å². The van der Waals surface area contributed by atoms with Crippen molar-refractivity contribution >= 4 is 0 Å². The predicted octanol–water partition coefficient (Wildman–Crippen LogP) is 10.6. The predicted molar refractivity (Wildman–Crippen MR) is 155 cm³/mol. The summed E-state index contributed by atoms with van der Waals surface area (Å²) in [5, 5.41) is 9.52. The average molecular weight is 469 g/mol. The second kappa shape index (κ2) is 20.7. The van der Waals surface area contributed by atoms with Gasteiger partial charge in [-0.3, -0.25) is 0 Å². The van der Waals surface area contributed by atoms with Gasteiger partial charge in [0.1, 0.15) is 0 Å². The molecule has 1 N–H and O–H groups in total. The second-order valence-corrected chi connectivity index (χ2v) is 10.8. The molecule has 0 aromatic rings. The van der Waals surface area contributed by atoms with Crippen LogP contribution in [-0.4, -0.2) is 11.7 Å². The van der Waals surface area contributed by atoms with Gasteiger partial charge in [0.25, 0.3) is 0 Å². The summed E-state index contributed by atoms with van der Waals surface area (Å²) < 4.78 is 0. The lowest BCUT2D eigenvalue weighted by Gasteiger charge is -2.13. The van der Waals surface area contributed by atoms with Crippen molar-refractivity contribution in [3.8, 4) is 0 Å². The van der Waals surface area contributed by atoms with Gasteiger partial charge < -0.3 is 5.11 Å². The van der Waals surface area contributed by atoms with Gasteiger partial charge in [0.15, 0.2) is 0 Å². The zero-order valence-corrected chi connectivity index (χ0v) is 24.0. The number of aliphatic hydroxyl groups is 1. The molecule has 0 atom stereocenters. The van der Waals surface area contributed by atoms with Gasteiger partial charge in [0.05, 0.1) is 0 Å². The Balaban J connectivity index is 4.46. The van der Waals surface area contributed by atoms with Crippen molar-refractivity contribution in [1.29, 1.82) is 0 Å². The topological polar surface area (TPSA) is 20.2 Å². The fourth-order valence-electron chi connectivity index (χ4n) is 3.93. The van der Waals surface area contributed by atoms with Crippen LogP contribution in [0.5, 0.6) is 0 Å². The fraction of sp³-hybridized carbons (Fsp3) is 0.636. The van der Waals surface area contributed by atoms with Gasteiger partial charge in [-0.1, -0.05) is 69.9 Å². The molecule has 1 nitrogen and oxygen atoms in total. The SMILES string of the molecule is CC(C)=CCCC(C)=CCCC(C)=CCC(CC=C(C)CCC=C(C)CCC=C(C)C)CCO. The molecule has 0 unspecified atom stereocenters. The third kappa shape index (κ3) is 21.0. The summed E-state index contributed by atoms with van der Waals surface area (Å²) in [4.78, 5) is 0. The Bertz CT molecular complexity index is 656. The molecular weight excluding hydrogens is 412 g/mol. The van der Waals surface area contributed by atoms with Crippen LogP contribution in [0.1, 0.15) is 126 Å². The first-order valence-electron chi connectivity index (χ1n) is 13.6. The summed E-state index contributed by atoms with van der Waals surface area (Å²) in [5.74, 6) is 0.539. The zero-order chi connectivity index (χ0) is 25.8. The molecular formula is C33H56O. The van der Waals surface area contributed by atoms with Crippen LogP contribution in [0, 0.1) is 5.92 Å². The van der Waals surface area contributed by atoms with E-state index in [-0.39, 0.29) is 6.61 Å². The van der Waals surface area contributed by atoms with Crippen molar-refractivity contribution < 1.29 is 5.11 Å². The van der Waals surface area contributed by atoms with Crippen molar-refractivity contribution in [2.75, 3.05) is 6.61 Å².